The van der Waals surface area contributed by atoms with Gasteiger partial charge in [-0.15, -0.1) is 0 Å². The summed E-state index contributed by atoms with van der Waals surface area (Å²) >= 11 is 8.72. The lowest BCUT2D eigenvalue weighted by atomic mass is 10.2. The number of nitro groups is 1. The van der Waals surface area contributed by atoms with Crippen LogP contribution in [0.2, 0.25) is 0 Å². The highest BCUT2D eigenvalue weighted by Crippen LogP contribution is 2.29. The second-order valence-electron chi connectivity index (χ2n) is 5.77. The summed E-state index contributed by atoms with van der Waals surface area (Å²) in [5, 5.41) is 21.5. The SMILES string of the molecule is COc1cc([N+](=O)[O-])ccc1NC(=S)Nc1cnn(Cc2ccc(Br)cc2)c1. The van der Waals surface area contributed by atoms with E-state index in [1.807, 2.05) is 30.5 Å². The third kappa shape index (κ3) is 5.05. The maximum absolute atomic E-state index is 10.9. The van der Waals surface area contributed by atoms with Crippen molar-refractivity contribution in [2.24, 2.45) is 0 Å². The van der Waals surface area contributed by atoms with Gasteiger partial charge in [-0.1, -0.05) is 28.1 Å². The van der Waals surface area contributed by atoms with E-state index in [-0.39, 0.29) is 5.69 Å². The molecule has 1 aromatic heterocycles. The number of halogens is 1. The first-order chi connectivity index (χ1) is 13.4. The van der Waals surface area contributed by atoms with E-state index in [0.717, 1.165) is 15.7 Å². The number of nitro benzene ring substituents is 1. The van der Waals surface area contributed by atoms with Gasteiger partial charge in [-0.05, 0) is 36.0 Å². The molecule has 0 atom stereocenters. The lowest BCUT2D eigenvalue weighted by Gasteiger charge is -2.12. The molecule has 0 radical (unpaired) electrons. The summed E-state index contributed by atoms with van der Waals surface area (Å²) in [5.41, 5.74) is 2.30. The smallest absolute Gasteiger partial charge is 0.273 e. The number of hydrogen-bond acceptors (Lipinski definition) is 5. The van der Waals surface area contributed by atoms with Crippen molar-refractivity contribution in [3.63, 3.8) is 0 Å². The van der Waals surface area contributed by atoms with Crippen LogP contribution in [0.15, 0.2) is 59.3 Å². The van der Waals surface area contributed by atoms with Crippen molar-refractivity contribution in [2.45, 2.75) is 6.54 Å². The van der Waals surface area contributed by atoms with E-state index in [2.05, 4.69) is 31.7 Å². The van der Waals surface area contributed by atoms with Crippen molar-refractivity contribution in [1.82, 2.24) is 9.78 Å². The van der Waals surface area contributed by atoms with Crippen LogP contribution in [0, 0.1) is 10.1 Å². The van der Waals surface area contributed by atoms with Gasteiger partial charge in [0.2, 0.25) is 0 Å². The van der Waals surface area contributed by atoms with E-state index < -0.39 is 4.92 Å². The largest absolute Gasteiger partial charge is 0.494 e. The van der Waals surface area contributed by atoms with Crippen molar-refractivity contribution in [3.05, 3.63) is 75.0 Å². The number of rotatable bonds is 6. The number of benzene rings is 2. The molecule has 0 saturated carbocycles. The molecule has 10 heteroatoms. The van der Waals surface area contributed by atoms with Gasteiger partial charge in [-0.2, -0.15) is 5.10 Å². The molecule has 0 bridgehead atoms. The molecule has 0 unspecified atom stereocenters. The Labute approximate surface area is 174 Å². The minimum Gasteiger partial charge on any atom is -0.494 e. The molecule has 0 fully saturated rings. The highest BCUT2D eigenvalue weighted by molar-refractivity contribution is 9.10. The fraction of sp³-hybridized carbons (Fsp3) is 0.111. The van der Waals surface area contributed by atoms with Crippen LogP contribution in [0.1, 0.15) is 5.56 Å². The maximum Gasteiger partial charge on any atom is 0.273 e. The number of anilines is 2. The van der Waals surface area contributed by atoms with Crippen LogP contribution < -0.4 is 15.4 Å². The number of aromatic nitrogens is 2. The Hall–Kier alpha value is -2.98. The van der Waals surface area contributed by atoms with E-state index in [1.54, 1.807) is 16.9 Å². The van der Waals surface area contributed by atoms with Crippen molar-refractivity contribution < 1.29 is 9.66 Å². The highest BCUT2D eigenvalue weighted by Gasteiger charge is 2.12. The van der Waals surface area contributed by atoms with Gasteiger partial charge in [0.25, 0.3) is 5.69 Å². The van der Waals surface area contributed by atoms with Gasteiger partial charge >= 0.3 is 0 Å². The van der Waals surface area contributed by atoms with Crippen LogP contribution >= 0.6 is 28.1 Å². The quantitative estimate of drug-likeness (QED) is 0.318. The molecular formula is C18H16BrN5O3S. The van der Waals surface area contributed by atoms with E-state index in [4.69, 9.17) is 17.0 Å². The molecule has 28 heavy (non-hydrogen) atoms. The number of thiocarbonyl (C=S) groups is 1. The predicted molar refractivity (Wildman–Crippen MR) is 115 cm³/mol. The molecule has 144 valence electrons. The Morgan fingerprint density at radius 2 is 2.04 bits per heavy atom. The standard InChI is InChI=1S/C18H16BrN5O3S/c1-27-17-8-15(24(25)26)6-7-16(17)22-18(28)21-14-9-20-23(11-14)10-12-2-4-13(19)5-3-12/h2-9,11H,10H2,1H3,(H2,21,22,28). The Morgan fingerprint density at radius 1 is 1.29 bits per heavy atom. The molecule has 0 amide bonds. The van der Waals surface area contributed by atoms with Crippen molar-refractivity contribution in [1.29, 1.82) is 0 Å². The number of non-ortho nitro benzene ring substituents is 1. The van der Waals surface area contributed by atoms with Gasteiger partial charge < -0.3 is 15.4 Å². The van der Waals surface area contributed by atoms with Crippen molar-refractivity contribution >= 4 is 50.3 Å². The predicted octanol–water partition coefficient (Wildman–Crippen LogP) is 4.42. The molecule has 3 rings (SSSR count). The fourth-order valence-corrected chi connectivity index (χ4v) is 2.97. The van der Waals surface area contributed by atoms with Crippen LogP contribution in [-0.4, -0.2) is 26.9 Å². The molecule has 8 nitrogen and oxygen atoms in total. The average Bonchev–Trinajstić information content (AvgIpc) is 3.10. The van der Waals surface area contributed by atoms with E-state index >= 15 is 0 Å². The molecule has 0 aliphatic heterocycles. The van der Waals surface area contributed by atoms with Gasteiger partial charge in [0.1, 0.15) is 5.75 Å². The second-order valence-corrected chi connectivity index (χ2v) is 7.10. The minimum absolute atomic E-state index is 0.0597. The Kier molecular flexibility index (Phi) is 6.22. The summed E-state index contributed by atoms with van der Waals surface area (Å²) in [7, 11) is 1.44. The van der Waals surface area contributed by atoms with Gasteiger partial charge in [-0.3, -0.25) is 14.8 Å². The molecule has 0 saturated heterocycles. The minimum atomic E-state index is -0.483. The van der Waals surface area contributed by atoms with E-state index in [9.17, 15) is 10.1 Å². The maximum atomic E-state index is 10.9. The number of ether oxygens (including phenoxy) is 1. The lowest BCUT2D eigenvalue weighted by Crippen LogP contribution is -2.19. The normalized spacial score (nSPS) is 10.4. The molecule has 1 heterocycles. The first kappa shape index (κ1) is 19.8. The Balaban J connectivity index is 1.63. The molecule has 0 aliphatic carbocycles. The fourth-order valence-electron chi connectivity index (χ4n) is 2.47. The number of nitrogens with one attached hydrogen (secondary N) is 2. The monoisotopic (exact) mass is 461 g/mol. The summed E-state index contributed by atoms with van der Waals surface area (Å²) in [6.07, 6.45) is 3.50. The van der Waals surface area contributed by atoms with Gasteiger partial charge in [0.15, 0.2) is 5.11 Å². The topological polar surface area (TPSA) is 94.2 Å². The molecular weight excluding hydrogens is 446 g/mol. The highest BCUT2D eigenvalue weighted by atomic mass is 79.9. The molecule has 0 spiro atoms. The number of methoxy groups -OCH3 is 1. The van der Waals surface area contributed by atoms with Crippen molar-refractivity contribution in [2.75, 3.05) is 17.7 Å². The third-order valence-electron chi connectivity index (χ3n) is 3.79. The first-order valence-electron chi connectivity index (χ1n) is 8.12. The first-order valence-corrected chi connectivity index (χ1v) is 9.32. The van der Waals surface area contributed by atoms with Gasteiger partial charge in [0.05, 0.1) is 42.2 Å². The third-order valence-corrected chi connectivity index (χ3v) is 4.53. The average molecular weight is 462 g/mol. The molecule has 0 aliphatic rings. The second kappa shape index (κ2) is 8.81. The Morgan fingerprint density at radius 3 is 2.71 bits per heavy atom. The van der Waals surface area contributed by atoms with Gasteiger partial charge in [-0.25, -0.2) is 0 Å². The summed E-state index contributed by atoms with van der Waals surface area (Å²) in [6.45, 7) is 0.630. The molecule has 2 N–H and O–H groups in total. The number of hydrogen-bond donors (Lipinski definition) is 2. The van der Waals surface area contributed by atoms with Crippen LogP contribution in [-0.2, 0) is 6.54 Å². The molecule has 3 aromatic rings. The van der Waals surface area contributed by atoms with Gasteiger partial charge in [0, 0.05) is 16.7 Å². The van der Waals surface area contributed by atoms with E-state index in [0.29, 0.717) is 23.1 Å². The number of nitrogens with zero attached hydrogens (tertiary/aromatic N) is 3. The van der Waals surface area contributed by atoms with Crippen LogP contribution in [0.5, 0.6) is 5.75 Å². The van der Waals surface area contributed by atoms with Crippen LogP contribution in [0.4, 0.5) is 17.1 Å². The molecule has 2 aromatic carbocycles. The zero-order valence-electron chi connectivity index (χ0n) is 14.8. The van der Waals surface area contributed by atoms with Crippen LogP contribution in [0.25, 0.3) is 0 Å². The summed E-state index contributed by atoms with van der Waals surface area (Å²) in [5.74, 6) is 0.323. The summed E-state index contributed by atoms with van der Waals surface area (Å²) in [4.78, 5) is 10.4. The van der Waals surface area contributed by atoms with Crippen LogP contribution in [0.3, 0.4) is 0 Å². The zero-order valence-corrected chi connectivity index (χ0v) is 17.2. The van der Waals surface area contributed by atoms with Crippen molar-refractivity contribution in [3.8, 4) is 5.75 Å². The Bertz CT molecular complexity index is 1010. The summed E-state index contributed by atoms with van der Waals surface area (Å²) < 4.78 is 8.01. The summed E-state index contributed by atoms with van der Waals surface area (Å²) in [6, 6.07) is 12.3. The lowest BCUT2D eigenvalue weighted by molar-refractivity contribution is -0.384. The van der Waals surface area contributed by atoms with E-state index in [1.165, 1.54) is 19.2 Å². The zero-order chi connectivity index (χ0) is 20.1.